The summed E-state index contributed by atoms with van der Waals surface area (Å²) < 4.78 is 5.72. The zero-order valence-corrected chi connectivity index (χ0v) is 14.3. The molecule has 1 aliphatic rings. The van der Waals surface area contributed by atoms with Gasteiger partial charge in [0.15, 0.2) is 0 Å². The van der Waals surface area contributed by atoms with Crippen molar-refractivity contribution >= 4 is 29.3 Å². The van der Waals surface area contributed by atoms with Crippen molar-refractivity contribution < 1.29 is 14.9 Å². The predicted molar refractivity (Wildman–Crippen MR) is 89.7 cm³/mol. The zero-order chi connectivity index (χ0) is 16.3. The van der Waals surface area contributed by atoms with Crippen LogP contribution in [0.1, 0.15) is 12.5 Å². The average Bonchev–Trinajstić information content (AvgIpc) is 2.46. The minimum Gasteiger partial charge on any atom is -0.487 e. The summed E-state index contributed by atoms with van der Waals surface area (Å²) >= 11 is 12.1. The summed E-state index contributed by atoms with van der Waals surface area (Å²) in [6.45, 7) is 3.46. The highest BCUT2D eigenvalue weighted by Crippen LogP contribution is 2.36. The smallest absolute Gasteiger partial charge is 0.145 e. The highest BCUT2D eigenvalue weighted by Gasteiger charge is 2.25. The van der Waals surface area contributed by atoms with Crippen LogP contribution in [0.3, 0.4) is 0 Å². The summed E-state index contributed by atoms with van der Waals surface area (Å²) in [5.41, 5.74) is 1.45. The minimum absolute atomic E-state index is 0.0581. The molecule has 1 aliphatic heterocycles. The second-order valence-electron chi connectivity index (χ2n) is 6.20. The van der Waals surface area contributed by atoms with E-state index in [9.17, 15) is 10.2 Å². The van der Waals surface area contributed by atoms with Crippen LogP contribution in [0.15, 0.2) is 17.7 Å². The highest BCUT2D eigenvalue weighted by atomic mass is 35.5. The van der Waals surface area contributed by atoms with E-state index in [0.29, 0.717) is 35.5 Å². The van der Waals surface area contributed by atoms with Crippen molar-refractivity contribution in [2.24, 2.45) is 5.41 Å². The summed E-state index contributed by atoms with van der Waals surface area (Å²) in [6.07, 6.45) is 2.03. The van der Waals surface area contributed by atoms with Gasteiger partial charge in [-0.3, -0.25) is 0 Å². The molecule has 2 N–H and O–H groups in total. The van der Waals surface area contributed by atoms with E-state index in [-0.39, 0.29) is 13.2 Å². The largest absolute Gasteiger partial charge is 0.487 e. The SMILES string of the molecule is CN(CC1=Cc2cc(Cl)cc(Cl)c2OC1)CC(C)(CO)CO. The van der Waals surface area contributed by atoms with Crippen LogP contribution in [0.4, 0.5) is 0 Å². The van der Waals surface area contributed by atoms with E-state index in [4.69, 9.17) is 27.9 Å². The Morgan fingerprint density at radius 3 is 2.59 bits per heavy atom. The van der Waals surface area contributed by atoms with Gasteiger partial charge in [0.1, 0.15) is 12.4 Å². The molecule has 6 heteroatoms. The van der Waals surface area contributed by atoms with Gasteiger partial charge in [-0.05, 0) is 30.8 Å². The molecule has 1 heterocycles. The van der Waals surface area contributed by atoms with Gasteiger partial charge in [-0.2, -0.15) is 0 Å². The van der Waals surface area contributed by atoms with E-state index < -0.39 is 5.41 Å². The molecule has 0 aliphatic carbocycles. The third-order valence-electron chi connectivity index (χ3n) is 3.69. The summed E-state index contributed by atoms with van der Waals surface area (Å²) in [7, 11) is 1.95. The van der Waals surface area contributed by atoms with Gasteiger partial charge < -0.3 is 19.8 Å². The van der Waals surface area contributed by atoms with Crippen molar-refractivity contribution in [3.63, 3.8) is 0 Å². The van der Waals surface area contributed by atoms with Gasteiger partial charge in [0, 0.05) is 29.1 Å². The first kappa shape index (κ1) is 17.6. The predicted octanol–water partition coefficient (Wildman–Crippen LogP) is 2.69. The third-order valence-corrected chi connectivity index (χ3v) is 4.19. The molecule has 4 nitrogen and oxygen atoms in total. The number of nitrogens with zero attached hydrogens (tertiary/aromatic N) is 1. The number of aliphatic hydroxyl groups is 2. The molecule has 122 valence electrons. The Balaban J connectivity index is 2.09. The lowest BCUT2D eigenvalue weighted by molar-refractivity contribution is 0.0437. The fourth-order valence-corrected chi connectivity index (χ4v) is 3.13. The third kappa shape index (κ3) is 4.15. The number of benzene rings is 1. The average molecular weight is 346 g/mol. The minimum atomic E-state index is -0.518. The Morgan fingerprint density at radius 1 is 1.27 bits per heavy atom. The molecule has 0 atom stereocenters. The second kappa shape index (κ2) is 7.20. The fraction of sp³-hybridized carbons (Fsp3) is 0.500. The molecule has 0 saturated heterocycles. The van der Waals surface area contributed by atoms with Crippen LogP contribution in [0.2, 0.25) is 10.0 Å². The van der Waals surface area contributed by atoms with E-state index in [1.807, 2.05) is 26.1 Å². The maximum Gasteiger partial charge on any atom is 0.145 e. The highest BCUT2D eigenvalue weighted by molar-refractivity contribution is 6.36. The van der Waals surface area contributed by atoms with Gasteiger partial charge in [0.05, 0.1) is 18.2 Å². The number of rotatable bonds is 6. The van der Waals surface area contributed by atoms with Crippen molar-refractivity contribution in [1.82, 2.24) is 4.90 Å². The molecule has 0 spiro atoms. The Morgan fingerprint density at radius 2 is 1.95 bits per heavy atom. The van der Waals surface area contributed by atoms with Crippen LogP contribution >= 0.6 is 23.2 Å². The van der Waals surface area contributed by atoms with E-state index in [1.165, 1.54) is 0 Å². The van der Waals surface area contributed by atoms with E-state index in [1.54, 1.807) is 6.07 Å². The van der Waals surface area contributed by atoms with Crippen LogP contribution in [-0.2, 0) is 0 Å². The Labute approximate surface area is 140 Å². The van der Waals surface area contributed by atoms with E-state index in [2.05, 4.69) is 4.90 Å². The summed E-state index contributed by atoms with van der Waals surface area (Å²) in [6, 6.07) is 3.49. The van der Waals surface area contributed by atoms with Crippen molar-refractivity contribution in [3.8, 4) is 5.75 Å². The van der Waals surface area contributed by atoms with Gasteiger partial charge in [-0.15, -0.1) is 0 Å². The number of ether oxygens (including phenoxy) is 1. The van der Waals surface area contributed by atoms with Gasteiger partial charge >= 0.3 is 0 Å². The molecule has 0 aromatic heterocycles. The molecule has 0 amide bonds. The molecule has 2 rings (SSSR count). The quantitative estimate of drug-likeness (QED) is 0.832. The fourth-order valence-electron chi connectivity index (χ4n) is 2.56. The number of aliphatic hydroxyl groups excluding tert-OH is 2. The molecule has 0 bridgehead atoms. The Hall–Kier alpha value is -0.780. The lowest BCUT2D eigenvalue weighted by Gasteiger charge is -2.31. The first-order valence-electron chi connectivity index (χ1n) is 7.08. The summed E-state index contributed by atoms with van der Waals surface area (Å²) in [5, 5.41) is 19.8. The van der Waals surface area contributed by atoms with Crippen molar-refractivity contribution in [2.75, 3.05) is 40.0 Å². The van der Waals surface area contributed by atoms with Gasteiger partial charge in [-0.1, -0.05) is 30.1 Å². The maximum atomic E-state index is 9.38. The van der Waals surface area contributed by atoms with Crippen molar-refractivity contribution in [1.29, 1.82) is 0 Å². The van der Waals surface area contributed by atoms with E-state index in [0.717, 1.165) is 11.1 Å². The topological polar surface area (TPSA) is 52.9 Å². The van der Waals surface area contributed by atoms with Crippen molar-refractivity contribution in [2.45, 2.75) is 6.92 Å². The number of fused-ring (bicyclic) bond motifs is 1. The van der Waals surface area contributed by atoms with Crippen LogP contribution < -0.4 is 4.74 Å². The molecule has 1 aromatic carbocycles. The van der Waals surface area contributed by atoms with Crippen LogP contribution in [0, 0.1) is 5.41 Å². The van der Waals surface area contributed by atoms with Gasteiger partial charge in [-0.25, -0.2) is 0 Å². The van der Waals surface area contributed by atoms with Crippen LogP contribution in [0.5, 0.6) is 5.75 Å². The number of hydrogen-bond donors (Lipinski definition) is 2. The molecule has 0 unspecified atom stereocenters. The monoisotopic (exact) mass is 345 g/mol. The van der Waals surface area contributed by atoms with Crippen molar-refractivity contribution in [3.05, 3.63) is 33.3 Å². The molecule has 1 aromatic rings. The van der Waals surface area contributed by atoms with Gasteiger partial charge in [0.25, 0.3) is 0 Å². The molecule has 0 fully saturated rings. The number of halogens is 2. The standard InChI is InChI=1S/C16H21Cl2NO3/c1-16(9-20,10-21)8-19(2)6-11-3-12-4-13(17)5-14(18)15(12)22-7-11/h3-5,20-21H,6-10H2,1-2H3. The molecular formula is C16H21Cl2NO3. The number of hydrogen-bond acceptors (Lipinski definition) is 4. The summed E-state index contributed by atoms with van der Waals surface area (Å²) in [5.74, 6) is 0.660. The maximum absolute atomic E-state index is 9.38. The normalized spacial score (nSPS) is 14.6. The first-order valence-corrected chi connectivity index (χ1v) is 7.84. The lowest BCUT2D eigenvalue weighted by atomic mass is 9.92. The van der Waals surface area contributed by atoms with E-state index >= 15 is 0 Å². The lowest BCUT2D eigenvalue weighted by Crippen LogP contribution is -2.40. The molecule has 0 saturated carbocycles. The zero-order valence-electron chi connectivity index (χ0n) is 12.8. The molecular weight excluding hydrogens is 325 g/mol. The van der Waals surface area contributed by atoms with Crippen LogP contribution in [-0.4, -0.2) is 55.1 Å². The second-order valence-corrected chi connectivity index (χ2v) is 7.04. The summed E-state index contributed by atoms with van der Waals surface area (Å²) in [4.78, 5) is 2.05. The number of likely N-dealkylation sites (N-methyl/N-ethyl adjacent to an activating group) is 1. The van der Waals surface area contributed by atoms with Crippen LogP contribution in [0.25, 0.3) is 6.08 Å². The molecule has 22 heavy (non-hydrogen) atoms. The first-order chi connectivity index (χ1) is 10.4. The van der Waals surface area contributed by atoms with Gasteiger partial charge in [0.2, 0.25) is 0 Å². The molecule has 0 radical (unpaired) electrons. The Bertz CT molecular complexity index is 571. The Kier molecular flexibility index (Phi) is 5.75.